The Bertz CT molecular complexity index is 893. The van der Waals surface area contributed by atoms with Crippen LogP contribution in [0.1, 0.15) is 65.2 Å². The number of nitrogens with one attached hydrogen (secondary N) is 1. The van der Waals surface area contributed by atoms with Crippen molar-refractivity contribution in [2.24, 2.45) is 0 Å². The fourth-order valence-electron chi connectivity index (χ4n) is 5.02. The molecule has 0 bridgehead atoms. The monoisotopic (exact) mass is 349 g/mol. The van der Waals surface area contributed by atoms with Gasteiger partial charge in [0.1, 0.15) is 11.4 Å². The van der Waals surface area contributed by atoms with Crippen molar-refractivity contribution in [1.82, 2.24) is 5.32 Å². The highest BCUT2D eigenvalue weighted by atomic mass is 16.5. The van der Waals surface area contributed by atoms with Crippen LogP contribution < -0.4 is 10.1 Å². The molecule has 1 saturated carbocycles. The second-order valence-electron chi connectivity index (χ2n) is 8.03. The van der Waals surface area contributed by atoms with E-state index in [2.05, 4.69) is 12.2 Å². The quantitative estimate of drug-likeness (QED) is 0.872. The maximum absolute atomic E-state index is 12.9. The van der Waals surface area contributed by atoms with E-state index in [4.69, 9.17) is 4.74 Å². The van der Waals surface area contributed by atoms with Crippen molar-refractivity contribution >= 4 is 5.91 Å². The first kappa shape index (κ1) is 15.9. The lowest BCUT2D eigenvalue weighted by Crippen LogP contribution is -2.33. The zero-order valence-electron chi connectivity index (χ0n) is 14.9. The Kier molecular flexibility index (Phi) is 3.41. The first-order valence-corrected chi connectivity index (χ1v) is 9.45. The van der Waals surface area contributed by atoms with Crippen LogP contribution in [0, 0.1) is 0 Å². The van der Waals surface area contributed by atoms with Crippen LogP contribution in [0.2, 0.25) is 0 Å². The number of benzene rings is 2. The minimum atomic E-state index is -0.577. The van der Waals surface area contributed by atoms with E-state index in [9.17, 15) is 9.90 Å². The Labute approximate surface area is 153 Å². The number of aliphatic hydroxyl groups excluding tert-OH is 1. The van der Waals surface area contributed by atoms with Crippen molar-refractivity contribution in [3.8, 4) is 5.75 Å². The van der Waals surface area contributed by atoms with E-state index in [-0.39, 0.29) is 17.6 Å². The Morgan fingerprint density at radius 1 is 1.23 bits per heavy atom. The number of hydrogen-bond acceptors (Lipinski definition) is 3. The number of amides is 1. The Morgan fingerprint density at radius 3 is 2.96 bits per heavy atom. The van der Waals surface area contributed by atoms with Crippen LogP contribution in [0.5, 0.6) is 5.75 Å². The van der Waals surface area contributed by atoms with Crippen LogP contribution in [0.25, 0.3) is 0 Å². The highest BCUT2D eigenvalue weighted by molar-refractivity contribution is 5.95. The van der Waals surface area contributed by atoms with Gasteiger partial charge in [0, 0.05) is 23.5 Å². The average molecular weight is 349 g/mol. The van der Waals surface area contributed by atoms with E-state index >= 15 is 0 Å². The lowest BCUT2D eigenvalue weighted by Gasteiger charge is -2.23. The minimum Gasteiger partial charge on any atom is -0.487 e. The summed E-state index contributed by atoms with van der Waals surface area (Å²) >= 11 is 0. The van der Waals surface area contributed by atoms with E-state index < -0.39 is 6.10 Å². The molecule has 1 amide bonds. The third kappa shape index (κ3) is 2.28. The Hall–Kier alpha value is -2.33. The second kappa shape index (κ2) is 5.58. The fraction of sp³-hybridized carbons (Fsp3) is 0.409. The van der Waals surface area contributed by atoms with Gasteiger partial charge in [0.15, 0.2) is 0 Å². The molecule has 2 aromatic carbocycles. The SMILES string of the molecule is CC12CCCC1c1cc(C(=O)NC3c4ccccc4CC3O)ccc1O2. The summed E-state index contributed by atoms with van der Waals surface area (Å²) in [7, 11) is 0. The summed E-state index contributed by atoms with van der Waals surface area (Å²) in [5.41, 5.74) is 3.80. The van der Waals surface area contributed by atoms with Crippen molar-refractivity contribution < 1.29 is 14.6 Å². The first-order chi connectivity index (χ1) is 12.5. The number of aliphatic hydroxyl groups is 1. The summed E-state index contributed by atoms with van der Waals surface area (Å²) in [6, 6.07) is 13.3. The molecule has 1 fully saturated rings. The molecule has 4 atom stereocenters. The summed E-state index contributed by atoms with van der Waals surface area (Å²) in [5, 5.41) is 13.4. The van der Waals surface area contributed by atoms with Crippen LogP contribution >= 0.6 is 0 Å². The highest BCUT2D eigenvalue weighted by Crippen LogP contribution is 2.53. The molecule has 0 spiro atoms. The second-order valence-corrected chi connectivity index (χ2v) is 8.03. The molecule has 26 heavy (non-hydrogen) atoms. The molecule has 1 heterocycles. The predicted molar refractivity (Wildman–Crippen MR) is 98.4 cm³/mol. The summed E-state index contributed by atoms with van der Waals surface area (Å²) in [4.78, 5) is 12.9. The minimum absolute atomic E-state index is 0.113. The molecular weight excluding hydrogens is 326 g/mol. The maximum atomic E-state index is 12.9. The number of rotatable bonds is 2. The molecule has 134 valence electrons. The van der Waals surface area contributed by atoms with Gasteiger partial charge >= 0.3 is 0 Å². The van der Waals surface area contributed by atoms with Crippen molar-refractivity contribution in [2.75, 3.05) is 0 Å². The third-order valence-electron chi connectivity index (χ3n) is 6.38. The molecule has 0 saturated heterocycles. The topological polar surface area (TPSA) is 58.6 Å². The molecule has 1 aliphatic heterocycles. The molecule has 5 rings (SSSR count). The molecule has 4 heteroatoms. The van der Waals surface area contributed by atoms with Crippen molar-refractivity contribution in [1.29, 1.82) is 0 Å². The number of hydrogen-bond donors (Lipinski definition) is 2. The van der Waals surface area contributed by atoms with Gasteiger partial charge in [-0.2, -0.15) is 0 Å². The molecular formula is C22H23NO3. The zero-order valence-corrected chi connectivity index (χ0v) is 14.9. The van der Waals surface area contributed by atoms with Crippen molar-refractivity contribution in [3.05, 3.63) is 64.7 Å². The molecule has 0 radical (unpaired) electrons. The van der Waals surface area contributed by atoms with Gasteiger partial charge in [-0.05, 0) is 55.5 Å². The number of carbonyl (C=O) groups is 1. The van der Waals surface area contributed by atoms with E-state index in [1.807, 2.05) is 42.5 Å². The van der Waals surface area contributed by atoms with Gasteiger partial charge in [-0.1, -0.05) is 24.3 Å². The summed E-state index contributed by atoms with van der Waals surface area (Å²) < 4.78 is 6.18. The summed E-state index contributed by atoms with van der Waals surface area (Å²) in [6.45, 7) is 2.18. The van der Waals surface area contributed by atoms with E-state index in [1.165, 1.54) is 6.42 Å². The Morgan fingerprint density at radius 2 is 2.08 bits per heavy atom. The van der Waals surface area contributed by atoms with Gasteiger partial charge in [0.05, 0.1) is 12.1 Å². The van der Waals surface area contributed by atoms with Gasteiger partial charge in [-0.3, -0.25) is 4.79 Å². The number of carbonyl (C=O) groups excluding carboxylic acids is 1. The van der Waals surface area contributed by atoms with Crippen LogP contribution in [-0.4, -0.2) is 22.7 Å². The number of fused-ring (bicyclic) bond motifs is 4. The van der Waals surface area contributed by atoms with Crippen LogP contribution in [0.3, 0.4) is 0 Å². The standard InChI is InChI=1S/C22H23NO3/c1-22-10-4-7-17(22)16-11-14(8-9-19(16)26-22)21(25)23-20-15-6-3-2-5-13(15)12-18(20)24/h2-3,5-6,8-9,11,17-18,20,24H,4,7,10,12H2,1H3,(H,23,25). The first-order valence-electron chi connectivity index (χ1n) is 9.45. The molecule has 4 unspecified atom stereocenters. The highest BCUT2D eigenvalue weighted by Gasteiger charge is 2.48. The van der Waals surface area contributed by atoms with E-state index in [0.717, 1.165) is 35.3 Å². The third-order valence-corrected chi connectivity index (χ3v) is 6.38. The van der Waals surface area contributed by atoms with Crippen molar-refractivity contribution in [3.63, 3.8) is 0 Å². The molecule has 4 nitrogen and oxygen atoms in total. The van der Waals surface area contributed by atoms with Gasteiger partial charge in [-0.25, -0.2) is 0 Å². The smallest absolute Gasteiger partial charge is 0.251 e. The number of ether oxygens (including phenoxy) is 1. The van der Waals surface area contributed by atoms with E-state index in [0.29, 0.717) is 17.9 Å². The zero-order chi connectivity index (χ0) is 17.9. The normalized spacial score (nSPS) is 31.1. The van der Waals surface area contributed by atoms with Gasteiger partial charge in [-0.15, -0.1) is 0 Å². The Balaban J connectivity index is 1.41. The van der Waals surface area contributed by atoms with Gasteiger partial charge in [0.2, 0.25) is 0 Å². The maximum Gasteiger partial charge on any atom is 0.251 e. The van der Waals surface area contributed by atoms with Crippen LogP contribution in [0.15, 0.2) is 42.5 Å². The van der Waals surface area contributed by atoms with Crippen molar-refractivity contribution in [2.45, 2.75) is 56.3 Å². The molecule has 3 aliphatic rings. The molecule has 0 aromatic heterocycles. The summed E-state index contributed by atoms with van der Waals surface area (Å²) in [6.07, 6.45) is 3.36. The largest absolute Gasteiger partial charge is 0.487 e. The van der Waals surface area contributed by atoms with Gasteiger partial charge < -0.3 is 15.2 Å². The van der Waals surface area contributed by atoms with Crippen LogP contribution in [0.4, 0.5) is 0 Å². The lowest BCUT2D eigenvalue weighted by molar-refractivity contribution is 0.0858. The molecule has 2 N–H and O–H groups in total. The van der Waals surface area contributed by atoms with Gasteiger partial charge in [0.25, 0.3) is 5.91 Å². The lowest BCUT2D eigenvalue weighted by atomic mass is 9.88. The van der Waals surface area contributed by atoms with E-state index in [1.54, 1.807) is 0 Å². The summed E-state index contributed by atoms with van der Waals surface area (Å²) in [5.74, 6) is 1.16. The molecule has 2 aliphatic carbocycles. The average Bonchev–Trinajstić information content (AvgIpc) is 3.23. The van der Waals surface area contributed by atoms with Crippen LogP contribution in [-0.2, 0) is 6.42 Å². The fourth-order valence-corrected chi connectivity index (χ4v) is 5.02. The molecule has 2 aromatic rings. The predicted octanol–water partition coefficient (Wildman–Crippen LogP) is 3.49.